The number of phosphoric acid groups is 2. The molecule has 0 radical (unpaired) electrons. The molecule has 2 unspecified atom stereocenters. The average molecular weight is 1470 g/mol. The second-order valence-corrected chi connectivity index (χ2v) is 32.5. The van der Waals surface area contributed by atoms with Crippen molar-refractivity contribution in [2.45, 2.75) is 451 Å². The van der Waals surface area contributed by atoms with Crippen molar-refractivity contribution in [2.24, 2.45) is 5.92 Å². The Bertz CT molecular complexity index is 1910. The smallest absolute Gasteiger partial charge is 0.462 e. The molecule has 0 rings (SSSR count). The molecule has 0 aliphatic heterocycles. The lowest BCUT2D eigenvalue weighted by Crippen LogP contribution is -2.30. The van der Waals surface area contributed by atoms with Crippen LogP contribution in [0.3, 0.4) is 0 Å². The van der Waals surface area contributed by atoms with E-state index >= 15 is 0 Å². The van der Waals surface area contributed by atoms with Gasteiger partial charge in [0.2, 0.25) is 0 Å². The fourth-order valence-electron chi connectivity index (χ4n) is 12.6. The summed E-state index contributed by atoms with van der Waals surface area (Å²) >= 11 is 0. The van der Waals surface area contributed by atoms with Crippen LogP contribution < -0.4 is 0 Å². The quantitative estimate of drug-likeness (QED) is 0.0222. The van der Waals surface area contributed by atoms with Gasteiger partial charge in [0.25, 0.3) is 0 Å². The molecule has 5 atom stereocenters. The Hall–Kier alpha value is -1.94. The van der Waals surface area contributed by atoms with Gasteiger partial charge < -0.3 is 33.8 Å². The van der Waals surface area contributed by atoms with Crippen molar-refractivity contribution in [3.8, 4) is 0 Å². The van der Waals surface area contributed by atoms with Gasteiger partial charge in [-0.3, -0.25) is 37.3 Å². The largest absolute Gasteiger partial charge is 0.472 e. The highest BCUT2D eigenvalue weighted by Gasteiger charge is 2.30. The van der Waals surface area contributed by atoms with Crippen molar-refractivity contribution >= 4 is 39.5 Å². The molecule has 100 heavy (non-hydrogen) atoms. The molecule has 0 bridgehead atoms. The Labute approximate surface area is 613 Å². The second kappa shape index (κ2) is 73.9. The van der Waals surface area contributed by atoms with E-state index in [0.717, 1.165) is 102 Å². The molecule has 0 heterocycles. The number of unbranched alkanes of at least 4 members (excludes halogenated alkanes) is 53. The number of hydrogen-bond donors (Lipinski definition) is 3. The molecule has 0 aromatic rings. The van der Waals surface area contributed by atoms with Gasteiger partial charge in [-0.25, -0.2) is 9.13 Å². The molecule has 0 aromatic carbocycles. The standard InChI is InChI=1S/C81H158O17P2/c1-6-9-12-15-17-19-21-23-25-27-29-30-32-34-39-43-47-51-56-62-67-81(86)98-77(71-92-79(84)65-60-55-50-46-42-38-33-31-28-26-24-22-20-18-16-13-10-7-2)73-96-100(89,90)94-69-75(82)68-93-99(87,88)95-72-76(70-91-78(83)64-59-53-14-11-8-3)97-80(85)66-61-57-52-48-44-40-36-35-37-41-45-49-54-58-63-74(4)5/h74-77,82H,6-73H2,1-5H3,(H,87,88)(H,89,90)/t75-,76+,77+/m0/s1. The SMILES string of the molecule is CCCCCCCCCCCCCCCCCCCCCCC(=O)O[C@H](COC(=O)CCCCCCCCCCCCCCCCCCCC)COP(=O)(O)OC[C@@H](O)COP(=O)(O)OC[C@@H](COC(=O)CCCCCCC)OC(=O)CCCCCCCCCCCCCCCCC(C)C. The van der Waals surface area contributed by atoms with Gasteiger partial charge in [0.15, 0.2) is 12.2 Å². The van der Waals surface area contributed by atoms with Crippen molar-refractivity contribution in [2.75, 3.05) is 39.6 Å². The van der Waals surface area contributed by atoms with E-state index in [4.69, 9.17) is 37.0 Å². The molecule has 0 aromatic heterocycles. The maximum Gasteiger partial charge on any atom is 0.472 e. The molecule has 3 N–H and O–H groups in total. The molecule has 0 aliphatic carbocycles. The van der Waals surface area contributed by atoms with Crippen LogP contribution in [-0.4, -0.2) is 96.7 Å². The normalized spacial score (nSPS) is 13.8. The number of carbonyl (C=O) groups is 4. The highest BCUT2D eigenvalue weighted by molar-refractivity contribution is 7.47. The van der Waals surface area contributed by atoms with E-state index in [1.54, 1.807) is 0 Å². The monoisotopic (exact) mass is 1470 g/mol. The summed E-state index contributed by atoms with van der Waals surface area (Å²) in [7, 11) is -9.91. The van der Waals surface area contributed by atoms with Crippen molar-refractivity contribution in [3.05, 3.63) is 0 Å². The Kier molecular flexibility index (Phi) is 72.5. The lowest BCUT2D eigenvalue weighted by molar-refractivity contribution is -0.161. The maximum atomic E-state index is 13.1. The number of esters is 4. The van der Waals surface area contributed by atoms with E-state index in [9.17, 15) is 43.2 Å². The van der Waals surface area contributed by atoms with Crippen LogP contribution in [0.5, 0.6) is 0 Å². The van der Waals surface area contributed by atoms with Crippen molar-refractivity contribution in [1.29, 1.82) is 0 Å². The summed E-state index contributed by atoms with van der Waals surface area (Å²) < 4.78 is 68.5. The molecule has 0 saturated heterocycles. The van der Waals surface area contributed by atoms with Gasteiger partial charge >= 0.3 is 39.5 Å². The van der Waals surface area contributed by atoms with Crippen LogP contribution in [0, 0.1) is 5.92 Å². The Morgan fingerprint density at radius 1 is 0.270 bits per heavy atom. The Morgan fingerprint density at radius 3 is 0.680 bits per heavy atom. The molecule has 0 fully saturated rings. The third-order valence-corrected chi connectivity index (χ3v) is 20.9. The fraction of sp³-hybridized carbons (Fsp3) is 0.951. The van der Waals surface area contributed by atoms with Gasteiger partial charge in [-0.05, 0) is 31.6 Å². The highest BCUT2D eigenvalue weighted by Crippen LogP contribution is 2.45. The minimum Gasteiger partial charge on any atom is -0.462 e. The summed E-state index contributed by atoms with van der Waals surface area (Å²) in [5, 5.41) is 10.6. The Morgan fingerprint density at radius 2 is 0.460 bits per heavy atom. The number of aliphatic hydroxyl groups excluding tert-OH is 1. The third-order valence-electron chi connectivity index (χ3n) is 19.0. The first-order valence-corrected chi connectivity index (χ1v) is 45.1. The predicted molar refractivity (Wildman–Crippen MR) is 409 cm³/mol. The number of aliphatic hydroxyl groups is 1. The van der Waals surface area contributed by atoms with Crippen molar-refractivity contribution in [1.82, 2.24) is 0 Å². The lowest BCUT2D eigenvalue weighted by Gasteiger charge is -2.21. The first-order chi connectivity index (χ1) is 48.5. The molecule has 17 nitrogen and oxygen atoms in total. The lowest BCUT2D eigenvalue weighted by atomic mass is 10.0. The predicted octanol–water partition coefficient (Wildman–Crippen LogP) is 24.4. The minimum atomic E-state index is -4.96. The van der Waals surface area contributed by atoms with Crippen molar-refractivity contribution < 1.29 is 80.2 Å². The van der Waals surface area contributed by atoms with Gasteiger partial charge in [-0.15, -0.1) is 0 Å². The zero-order valence-corrected chi connectivity index (χ0v) is 67.1. The van der Waals surface area contributed by atoms with E-state index in [2.05, 4.69) is 34.6 Å². The summed E-state index contributed by atoms with van der Waals surface area (Å²) in [4.78, 5) is 72.7. The third kappa shape index (κ3) is 74.3. The van der Waals surface area contributed by atoms with Gasteiger partial charge in [-0.1, -0.05) is 381 Å². The zero-order chi connectivity index (χ0) is 73.4. The molecule has 594 valence electrons. The summed E-state index contributed by atoms with van der Waals surface area (Å²) in [5.74, 6) is -1.32. The minimum absolute atomic E-state index is 0.107. The van der Waals surface area contributed by atoms with E-state index in [0.29, 0.717) is 25.7 Å². The first kappa shape index (κ1) is 98.1. The first-order valence-electron chi connectivity index (χ1n) is 42.1. The van der Waals surface area contributed by atoms with E-state index in [1.807, 2.05) is 0 Å². The molecule has 0 saturated carbocycles. The van der Waals surface area contributed by atoms with E-state index in [1.165, 1.54) is 250 Å². The van der Waals surface area contributed by atoms with Crippen LogP contribution in [0.15, 0.2) is 0 Å². The fourth-order valence-corrected chi connectivity index (χ4v) is 14.2. The van der Waals surface area contributed by atoms with E-state index in [-0.39, 0.29) is 25.7 Å². The summed E-state index contributed by atoms with van der Waals surface area (Å²) in [6, 6.07) is 0. The number of hydrogen-bond acceptors (Lipinski definition) is 15. The number of carbonyl (C=O) groups excluding carboxylic acids is 4. The molecular weight excluding hydrogens is 1310 g/mol. The van der Waals surface area contributed by atoms with Crippen LogP contribution in [0.2, 0.25) is 0 Å². The molecule has 0 aliphatic rings. The second-order valence-electron chi connectivity index (χ2n) is 29.6. The molecule has 0 spiro atoms. The highest BCUT2D eigenvalue weighted by atomic mass is 31.2. The Balaban J connectivity index is 5.11. The van der Waals surface area contributed by atoms with Gasteiger partial charge in [0.1, 0.15) is 19.3 Å². The van der Waals surface area contributed by atoms with Gasteiger partial charge in [0.05, 0.1) is 26.4 Å². The molecular formula is C81H158O17P2. The number of ether oxygens (including phenoxy) is 4. The zero-order valence-electron chi connectivity index (χ0n) is 65.3. The molecule has 19 heteroatoms. The van der Waals surface area contributed by atoms with Gasteiger partial charge in [-0.2, -0.15) is 0 Å². The summed E-state index contributed by atoms with van der Waals surface area (Å²) in [6.07, 6.45) is 65.7. The average Bonchev–Trinajstić information content (AvgIpc) is 0.918. The number of rotatable bonds is 81. The summed E-state index contributed by atoms with van der Waals surface area (Å²) in [5.41, 5.74) is 0. The maximum absolute atomic E-state index is 13.1. The van der Waals surface area contributed by atoms with Crippen molar-refractivity contribution in [3.63, 3.8) is 0 Å². The van der Waals surface area contributed by atoms with Gasteiger partial charge in [0, 0.05) is 25.7 Å². The van der Waals surface area contributed by atoms with Crippen LogP contribution in [0.4, 0.5) is 0 Å². The molecule has 0 amide bonds. The van der Waals surface area contributed by atoms with Crippen LogP contribution >= 0.6 is 15.6 Å². The van der Waals surface area contributed by atoms with Crippen LogP contribution in [0.25, 0.3) is 0 Å². The van der Waals surface area contributed by atoms with Crippen LogP contribution in [0.1, 0.15) is 433 Å². The number of phosphoric ester groups is 2. The topological polar surface area (TPSA) is 237 Å². The van der Waals surface area contributed by atoms with Crippen LogP contribution in [-0.2, 0) is 65.4 Å². The van der Waals surface area contributed by atoms with E-state index < -0.39 is 97.5 Å². The summed E-state index contributed by atoms with van der Waals surface area (Å²) in [6.45, 7) is 7.26.